The van der Waals surface area contributed by atoms with Crippen LogP contribution in [0.4, 0.5) is 4.79 Å². The number of para-hydroxylation sites is 1. The van der Waals surface area contributed by atoms with Crippen LogP contribution in [-0.2, 0) is 19.1 Å². The van der Waals surface area contributed by atoms with Crippen molar-refractivity contribution in [1.29, 1.82) is 0 Å². The molecule has 0 spiro atoms. The van der Waals surface area contributed by atoms with E-state index in [0.717, 1.165) is 38.5 Å². The molecule has 10 heteroatoms. The number of hydrogen-bond acceptors (Lipinski definition) is 6. The molecule has 0 aliphatic rings. The summed E-state index contributed by atoms with van der Waals surface area (Å²) in [4.78, 5) is 53.2. The molecule has 1 aromatic carbocycles. The zero-order valence-corrected chi connectivity index (χ0v) is 23.5. The van der Waals surface area contributed by atoms with Crippen molar-refractivity contribution in [1.82, 2.24) is 15.5 Å². The highest BCUT2D eigenvalue weighted by molar-refractivity contribution is 5.94. The van der Waals surface area contributed by atoms with E-state index >= 15 is 0 Å². The van der Waals surface area contributed by atoms with Crippen LogP contribution >= 0.6 is 0 Å². The number of primary amides is 1. The first-order chi connectivity index (χ1) is 17.9. The third kappa shape index (κ3) is 11.8. The molecule has 0 saturated heterocycles. The normalized spacial score (nSPS) is 12.8. The fourth-order valence-electron chi connectivity index (χ4n) is 3.96. The van der Waals surface area contributed by atoms with Crippen LogP contribution in [0.25, 0.3) is 0 Å². The number of phenols is 1. The second-order valence-corrected chi connectivity index (χ2v) is 10.4. The lowest BCUT2D eigenvalue weighted by Crippen LogP contribution is -2.54. The Morgan fingerprint density at radius 3 is 2.21 bits per heavy atom. The zero-order chi connectivity index (χ0) is 28.7. The smallest absolute Gasteiger partial charge is 0.408 e. The number of phenolic OH excluding ortho intramolecular Hbond substituents is 1. The first-order valence-electron chi connectivity index (χ1n) is 13.5. The largest absolute Gasteiger partial charge is 0.508 e. The fraction of sp³-hybridized carbons (Fsp3) is 0.643. The van der Waals surface area contributed by atoms with Gasteiger partial charge in [-0.1, -0.05) is 64.2 Å². The van der Waals surface area contributed by atoms with Crippen LogP contribution in [0.15, 0.2) is 24.3 Å². The predicted octanol–water partition coefficient (Wildman–Crippen LogP) is 3.92. The maximum Gasteiger partial charge on any atom is 0.408 e. The van der Waals surface area contributed by atoms with Crippen LogP contribution in [0, 0.1) is 0 Å². The zero-order valence-electron chi connectivity index (χ0n) is 23.5. The number of amides is 4. The number of aromatic hydroxyl groups is 1. The van der Waals surface area contributed by atoms with Gasteiger partial charge in [-0.3, -0.25) is 14.4 Å². The van der Waals surface area contributed by atoms with Crippen LogP contribution < -0.4 is 16.4 Å². The molecular formula is C28H46N4O6. The molecular weight excluding hydrogens is 488 g/mol. The molecule has 0 radical (unpaired) electrons. The minimum absolute atomic E-state index is 0.140. The van der Waals surface area contributed by atoms with Crippen molar-refractivity contribution in [2.24, 2.45) is 5.73 Å². The summed E-state index contributed by atoms with van der Waals surface area (Å²) in [5.74, 6) is -2.06. The molecule has 0 aliphatic carbocycles. The Morgan fingerprint density at radius 2 is 1.63 bits per heavy atom. The van der Waals surface area contributed by atoms with Gasteiger partial charge in [0, 0.05) is 18.7 Å². The second kappa shape index (κ2) is 16.5. The van der Waals surface area contributed by atoms with E-state index in [1.807, 2.05) is 6.92 Å². The molecule has 0 aromatic heterocycles. The van der Waals surface area contributed by atoms with Crippen LogP contribution in [-0.4, -0.2) is 58.6 Å². The summed E-state index contributed by atoms with van der Waals surface area (Å²) in [7, 11) is 0. The summed E-state index contributed by atoms with van der Waals surface area (Å²) in [6.45, 7) is 9.70. The number of hydrogen-bond donors (Lipinski definition) is 4. The quantitative estimate of drug-likeness (QED) is 0.236. The monoisotopic (exact) mass is 534 g/mol. The molecule has 0 heterocycles. The Morgan fingerprint density at radius 1 is 1.00 bits per heavy atom. The highest BCUT2D eigenvalue weighted by Crippen LogP contribution is 2.30. The maximum atomic E-state index is 13.9. The van der Waals surface area contributed by atoms with Gasteiger partial charge in [-0.25, -0.2) is 4.79 Å². The lowest BCUT2D eigenvalue weighted by Gasteiger charge is -2.34. The fourth-order valence-corrected chi connectivity index (χ4v) is 3.96. The van der Waals surface area contributed by atoms with Gasteiger partial charge in [-0.15, -0.1) is 0 Å². The number of rotatable bonds is 16. The first kappa shape index (κ1) is 32.7. The second-order valence-electron chi connectivity index (χ2n) is 10.4. The van der Waals surface area contributed by atoms with Gasteiger partial charge in [-0.05, 0) is 39.7 Å². The summed E-state index contributed by atoms with van der Waals surface area (Å²) in [5.41, 5.74) is 4.84. The molecule has 0 aliphatic heterocycles. The minimum atomic E-state index is -1.35. The number of benzene rings is 1. The van der Waals surface area contributed by atoms with Gasteiger partial charge in [0.15, 0.2) is 0 Å². The molecule has 1 aromatic rings. The van der Waals surface area contributed by atoms with Gasteiger partial charge in [0.05, 0.1) is 6.42 Å². The van der Waals surface area contributed by atoms with Crippen LogP contribution in [0.1, 0.15) is 97.6 Å². The SMILES string of the molecule is CCCCCCCN(C(=O)C(CC(N)=O)NC(=O)OC(C)(C)C)C(C(=O)NCCCC)c1ccccc1O. The first-order valence-corrected chi connectivity index (χ1v) is 13.5. The molecule has 0 saturated carbocycles. The highest BCUT2D eigenvalue weighted by Gasteiger charge is 2.37. The van der Waals surface area contributed by atoms with Crippen molar-refractivity contribution in [3.8, 4) is 5.75 Å². The van der Waals surface area contributed by atoms with Crippen LogP contribution in [0.2, 0.25) is 0 Å². The van der Waals surface area contributed by atoms with Gasteiger partial charge in [0.25, 0.3) is 0 Å². The molecule has 1 rings (SSSR count). The number of ether oxygens (including phenoxy) is 1. The van der Waals surface area contributed by atoms with Gasteiger partial charge in [0.1, 0.15) is 23.4 Å². The van der Waals surface area contributed by atoms with Crippen molar-refractivity contribution < 1.29 is 29.0 Å². The molecule has 5 N–H and O–H groups in total. The summed E-state index contributed by atoms with van der Waals surface area (Å²) in [5, 5.41) is 16.0. The van der Waals surface area contributed by atoms with E-state index in [4.69, 9.17) is 10.5 Å². The molecule has 2 unspecified atom stereocenters. The van der Waals surface area contributed by atoms with E-state index in [-0.39, 0.29) is 17.9 Å². The Hall–Kier alpha value is -3.30. The van der Waals surface area contributed by atoms with Crippen LogP contribution in [0.5, 0.6) is 5.75 Å². The van der Waals surface area contributed by atoms with Gasteiger partial charge in [0.2, 0.25) is 17.7 Å². The van der Waals surface area contributed by atoms with E-state index in [2.05, 4.69) is 17.6 Å². The number of carbonyl (C=O) groups is 4. The van der Waals surface area contributed by atoms with Gasteiger partial charge >= 0.3 is 6.09 Å². The summed E-state index contributed by atoms with van der Waals surface area (Å²) in [6, 6.07) is 3.80. The lowest BCUT2D eigenvalue weighted by molar-refractivity contribution is -0.143. The number of carbonyl (C=O) groups excluding carboxylic acids is 4. The van der Waals surface area contributed by atoms with Gasteiger partial charge < -0.3 is 31.1 Å². The number of nitrogens with two attached hydrogens (primary N) is 1. The number of unbranched alkanes of at least 4 members (excludes halogenated alkanes) is 5. The average molecular weight is 535 g/mol. The third-order valence-corrected chi connectivity index (χ3v) is 5.80. The van der Waals surface area contributed by atoms with Crippen molar-refractivity contribution in [3.63, 3.8) is 0 Å². The summed E-state index contributed by atoms with van der Waals surface area (Å²) < 4.78 is 5.29. The minimum Gasteiger partial charge on any atom is -0.508 e. The van der Waals surface area contributed by atoms with Crippen molar-refractivity contribution in [3.05, 3.63) is 29.8 Å². The van der Waals surface area contributed by atoms with E-state index in [1.54, 1.807) is 39.0 Å². The van der Waals surface area contributed by atoms with E-state index < -0.39 is 47.9 Å². The molecule has 38 heavy (non-hydrogen) atoms. The van der Waals surface area contributed by atoms with E-state index in [1.165, 1.54) is 11.0 Å². The lowest BCUT2D eigenvalue weighted by atomic mass is 10.00. The Bertz CT molecular complexity index is 915. The number of alkyl carbamates (subject to hydrolysis) is 1. The third-order valence-electron chi connectivity index (χ3n) is 5.80. The molecule has 10 nitrogen and oxygen atoms in total. The number of nitrogens with one attached hydrogen (secondary N) is 2. The molecule has 0 bridgehead atoms. The summed E-state index contributed by atoms with van der Waals surface area (Å²) >= 11 is 0. The Labute approximate surface area is 226 Å². The molecule has 4 amide bonds. The molecule has 214 valence electrons. The Kier molecular flexibility index (Phi) is 14.2. The molecule has 2 atom stereocenters. The van der Waals surface area contributed by atoms with Crippen LogP contribution in [0.3, 0.4) is 0 Å². The van der Waals surface area contributed by atoms with Crippen molar-refractivity contribution >= 4 is 23.8 Å². The number of nitrogens with zero attached hydrogens (tertiary/aromatic N) is 1. The standard InChI is InChI=1S/C28H46N4O6/c1-6-8-10-11-14-18-32(26(36)21(19-23(29)34)31-27(37)38-28(3,4)5)24(25(35)30-17-9-7-2)20-15-12-13-16-22(20)33/h12-13,15-16,21,24,33H,6-11,14,17-19H2,1-5H3,(H2,29,34)(H,30,35)(H,31,37). The van der Waals surface area contributed by atoms with E-state index in [0.29, 0.717) is 13.0 Å². The Balaban J connectivity index is 3.45. The van der Waals surface area contributed by atoms with E-state index in [9.17, 15) is 24.3 Å². The predicted molar refractivity (Wildman–Crippen MR) is 146 cm³/mol. The van der Waals surface area contributed by atoms with Crippen molar-refractivity contribution in [2.45, 2.75) is 104 Å². The molecule has 0 fully saturated rings. The summed E-state index contributed by atoms with van der Waals surface area (Å²) in [6.07, 6.45) is 4.71. The topological polar surface area (TPSA) is 151 Å². The highest BCUT2D eigenvalue weighted by atomic mass is 16.6. The average Bonchev–Trinajstić information content (AvgIpc) is 2.82. The van der Waals surface area contributed by atoms with Gasteiger partial charge in [-0.2, -0.15) is 0 Å². The van der Waals surface area contributed by atoms with Crippen molar-refractivity contribution in [2.75, 3.05) is 13.1 Å². The maximum absolute atomic E-state index is 13.9.